The molecule has 0 spiro atoms. The molecule has 0 bridgehead atoms. The molecule has 1 aliphatic heterocycles. The summed E-state index contributed by atoms with van der Waals surface area (Å²) in [5.74, 6) is 0.401. The number of carbonyl (C=O) groups excluding carboxylic acids is 1. The first kappa shape index (κ1) is 14.3. The van der Waals surface area contributed by atoms with Crippen LogP contribution in [-0.4, -0.2) is 41.6 Å². The second-order valence-electron chi connectivity index (χ2n) is 7.36. The first-order valence-corrected chi connectivity index (χ1v) is 8.16. The monoisotopic (exact) mass is 280 g/mol. The predicted molar refractivity (Wildman–Crippen MR) is 78.2 cm³/mol. The average molecular weight is 280 g/mol. The van der Waals surface area contributed by atoms with Gasteiger partial charge in [0.05, 0.1) is 6.10 Å². The van der Waals surface area contributed by atoms with Gasteiger partial charge in [0.15, 0.2) is 0 Å². The quantitative estimate of drug-likeness (QED) is 0.837. The number of carbonyl (C=O) groups is 1. The smallest absolute Gasteiger partial charge is 0.243 e. The molecule has 0 radical (unpaired) electrons. The van der Waals surface area contributed by atoms with Crippen LogP contribution in [0.4, 0.5) is 0 Å². The van der Waals surface area contributed by atoms with Crippen LogP contribution in [0.5, 0.6) is 0 Å². The maximum absolute atomic E-state index is 13.1. The third-order valence-corrected chi connectivity index (χ3v) is 5.81. The zero-order valence-corrected chi connectivity index (χ0v) is 13.0. The second-order valence-corrected chi connectivity index (χ2v) is 7.36. The zero-order valence-electron chi connectivity index (χ0n) is 13.0. The fraction of sp³-hybridized carbons (Fsp3) is 0.938. The zero-order chi connectivity index (χ0) is 14.5. The van der Waals surface area contributed by atoms with E-state index in [4.69, 9.17) is 10.5 Å². The van der Waals surface area contributed by atoms with Gasteiger partial charge >= 0.3 is 0 Å². The van der Waals surface area contributed by atoms with Crippen molar-refractivity contribution in [2.75, 3.05) is 13.2 Å². The highest BCUT2D eigenvalue weighted by Crippen LogP contribution is 2.59. The molecule has 2 saturated carbocycles. The lowest BCUT2D eigenvalue weighted by Gasteiger charge is -2.61. The Labute approximate surface area is 122 Å². The first-order chi connectivity index (χ1) is 9.44. The van der Waals surface area contributed by atoms with E-state index in [-0.39, 0.29) is 23.3 Å². The van der Waals surface area contributed by atoms with Gasteiger partial charge in [0.2, 0.25) is 5.91 Å². The van der Waals surface area contributed by atoms with Gasteiger partial charge in [-0.25, -0.2) is 0 Å². The molecule has 3 unspecified atom stereocenters. The third kappa shape index (κ3) is 1.77. The van der Waals surface area contributed by atoms with Crippen LogP contribution in [0.1, 0.15) is 52.9 Å². The molecule has 2 N–H and O–H groups in total. The maximum atomic E-state index is 13.1. The number of hydrogen-bond acceptors (Lipinski definition) is 3. The number of nitrogens with two attached hydrogens (primary N) is 1. The predicted octanol–water partition coefficient (Wildman–Crippen LogP) is 1.92. The number of fused-ring (bicyclic) bond motifs is 1. The SMILES string of the molecule is CCCCN(C(=O)C1(N)C2CCOC2C1(C)C)C1CC1. The van der Waals surface area contributed by atoms with Gasteiger partial charge < -0.3 is 15.4 Å². The highest BCUT2D eigenvalue weighted by atomic mass is 16.5. The summed E-state index contributed by atoms with van der Waals surface area (Å²) >= 11 is 0. The Morgan fingerprint density at radius 3 is 2.65 bits per heavy atom. The standard InChI is InChI=1S/C16H28N2O2/c1-4-5-9-18(11-6-7-11)14(19)16(17)12-8-10-20-13(12)15(16,2)3/h11-13H,4-10,17H2,1-3H3. The van der Waals surface area contributed by atoms with Crippen LogP contribution in [0.25, 0.3) is 0 Å². The molecular weight excluding hydrogens is 252 g/mol. The summed E-state index contributed by atoms with van der Waals surface area (Å²) in [7, 11) is 0. The topological polar surface area (TPSA) is 55.6 Å². The molecule has 0 aromatic rings. The van der Waals surface area contributed by atoms with Crippen LogP contribution in [0.2, 0.25) is 0 Å². The Balaban J connectivity index is 1.80. The molecule has 0 aromatic heterocycles. The van der Waals surface area contributed by atoms with Crippen LogP contribution < -0.4 is 5.73 Å². The van der Waals surface area contributed by atoms with E-state index in [1.54, 1.807) is 0 Å². The summed E-state index contributed by atoms with van der Waals surface area (Å²) in [4.78, 5) is 15.2. The molecule has 3 aliphatic rings. The number of amides is 1. The molecule has 4 heteroatoms. The van der Waals surface area contributed by atoms with Crippen molar-refractivity contribution in [2.45, 2.75) is 70.6 Å². The van der Waals surface area contributed by atoms with Gasteiger partial charge in [0.1, 0.15) is 5.54 Å². The first-order valence-electron chi connectivity index (χ1n) is 8.16. The van der Waals surface area contributed by atoms with Crippen molar-refractivity contribution in [1.29, 1.82) is 0 Å². The van der Waals surface area contributed by atoms with E-state index in [1.807, 2.05) is 0 Å². The molecule has 1 heterocycles. The largest absolute Gasteiger partial charge is 0.377 e. The highest BCUT2D eigenvalue weighted by Gasteiger charge is 2.72. The summed E-state index contributed by atoms with van der Waals surface area (Å²) < 4.78 is 5.80. The molecule has 114 valence electrons. The fourth-order valence-corrected chi connectivity index (χ4v) is 4.22. The Hall–Kier alpha value is -0.610. The molecular formula is C16H28N2O2. The lowest BCUT2D eigenvalue weighted by Crippen LogP contribution is -2.80. The normalized spacial score (nSPS) is 38.2. The van der Waals surface area contributed by atoms with Crippen LogP contribution in [0.3, 0.4) is 0 Å². The van der Waals surface area contributed by atoms with E-state index < -0.39 is 5.54 Å². The lowest BCUT2D eigenvalue weighted by molar-refractivity contribution is -0.184. The van der Waals surface area contributed by atoms with Crippen molar-refractivity contribution in [1.82, 2.24) is 4.90 Å². The molecule has 3 rings (SSSR count). The van der Waals surface area contributed by atoms with Gasteiger partial charge in [0, 0.05) is 30.5 Å². The molecule has 2 aliphatic carbocycles. The van der Waals surface area contributed by atoms with Crippen molar-refractivity contribution in [2.24, 2.45) is 17.1 Å². The van der Waals surface area contributed by atoms with Crippen LogP contribution in [0.15, 0.2) is 0 Å². The van der Waals surface area contributed by atoms with Crippen molar-refractivity contribution in [3.63, 3.8) is 0 Å². The van der Waals surface area contributed by atoms with E-state index in [2.05, 4.69) is 25.7 Å². The summed E-state index contributed by atoms with van der Waals surface area (Å²) in [5.41, 5.74) is 5.71. The molecule has 20 heavy (non-hydrogen) atoms. The van der Waals surface area contributed by atoms with Crippen LogP contribution in [-0.2, 0) is 9.53 Å². The summed E-state index contributed by atoms with van der Waals surface area (Å²) in [5, 5.41) is 0. The number of ether oxygens (including phenoxy) is 1. The van der Waals surface area contributed by atoms with E-state index in [9.17, 15) is 4.79 Å². The van der Waals surface area contributed by atoms with Gasteiger partial charge in [-0.2, -0.15) is 0 Å². The van der Waals surface area contributed by atoms with Gasteiger partial charge in [-0.05, 0) is 25.7 Å². The van der Waals surface area contributed by atoms with Crippen molar-refractivity contribution in [3.05, 3.63) is 0 Å². The van der Waals surface area contributed by atoms with Gasteiger partial charge in [-0.3, -0.25) is 4.79 Å². The molecule has 3 fully saturated rings. The summed E-state index contributed by atoms with van der Waals surface area (Å²) in [6.45, 7) is 7.99. The van der Waals surface area contributed by atoms with Crippen LogP contribution in [0, 0.1) is 11.3 Å². The Morgan fingerprint density at radius 2 is 2.05 bits per heavy atom. The van der Waals surface area contributed by atoms with E-state index in [1.165, 1.54) is 0 Å². The van der Waals surface area contributed by atoms with Gasteiger partial charge in [-0.15, -0.1) is 0 Å². The van der Waals surface area contributed by atoms with Crippen molar-refractivity contribution < 1.29 is 9.53 Å². The number of unbranched alkanes of at least 4 members (excludes halogenated alkanes) is 1. The minimum absolute atomic E-state index is 0.170. The van der Waals surface area contributed by atoms with Gasteiger partial charge in [-0.1, -0.05) is 27.2 Å². The summed E-state index contributed by atoms with van der Waals surface area (Å²) in [6, 6.07) is 0.451. The third-order valence-electron chi connectivity index (χ3n) is 5.81. The molecule has 1 saturated heterocycles. The van der Waals surface area contributed by atoms with Crippen LogP contribution >= 0.6 is 0 Å². The van der Waals surface area contributed by atoms with E-state index >= 15 is 0 Å². The molecule has 4 nitrogen and oxygen atoms in total. The summed E-state index contributed by atoms with van der Waals surface area (Å²) in [6.07, 6.45) is 5.59. The average Bonchev–Trinajstić information content (AvgIpc) is 3.14. The lowest BCUT2D eigenvalue weighted by atomic mass is 9.47. The minimum Gasteiger partial charge on any atom is -0.377 e. The highest BCUT2D eigenvalue weighted by molar-refractivity contribution is 5.90. The Morgan fingerprint density at radius 1 is 1.35 bits per heavy atom. The number of nitrogens with zero attached hydrogens (tertiary/aromatic N) is 1. The van der Waals surface area contributed by atoms with Crippen molar-refractivity contribution in [3.8, 4) is 0 Å². The molecule has 1 amide bonds. The number of hydrogen-bond donors (Lipinski definition) is 1. The minimum atomic E-state index is -0.718. The molecule has 0 aromatic carbocycles. The Bertz CT molecular complexity index is 405. The fourth-order valence-electron chi connectivity index (χ4n) is 4.22. The maximum Gasteiger partial charge on any atom is 0.243 e. The van der Waals surface area contributed by atoms with E-state index in [0.717, 1.165) is 45.3 Å². The van der Waals surface area contributed by atoms with E-state index in [0.29, 0.717) is 6.04 Å². The second kappa shape index (κ2) is 4.70. The van der Waals surface area contributed by atoms with Gasteiger partial charge in [0.25, 0.3) is 0 Å². The Kier molecular flexibility index (Phi) is 3.37. The number of rotatable bonds is 5. The molecule has 3 atom stereocenters. The van der Waals surface area contributed by atoms with Crippen molar-refractivity contribution >= 4 is 5.91 Å².